The number of para-hydroxylation sites is 1. The number of thiazole rings is 1. The third kappa shape index (κ3) is 2.88. The van der Waals surface area contributed by atoms with Gasteiger partial charge in [0, 0.05) is 17.1 Å². The molecule has 0 aliphatic heterocycles. The third-order valence-electron chi connectivity index (χ3n) is 2.85. The van der Waals surface area contributed by atoms with Gasteiger partial charge in [-0.3, -0.25) is 0 Å². The summed E-state index contributed by atoms with van der Waals surface area (Å²) in [7, 11) is 3.31. The number of methoxy groups -OCH3 is 2. The van der Waals surface area contributed by atoms with Crippen molar-refractivity contribution in [2.24, 2.45) is 0 Å². The van der Waals surface area contributed by atoms with Crippen molar-refractivity contribution in [2.75, 3.05) is 20.8 Å². The summed E-state index contributed by atoms with van der Waals surface area (Å²) in [6, 6.07) is 5.92. The molecule has 2 aromatic rings. The summed E-state index contributed by atoms with van der Waals surface area (Å²) >= 11 is 1.63. The average Bonchev–Trinajstić information content (AvgIpc) is 2.97. The number of ether oxygens (including phenoxy) is 2. The average molecular weight is 278 g/mol. The van der Waals surface area contributed by atoms with Gasteiger partial charge in [-0.25, -0.2) is 4.98 Å². The Kier molecular flexibility index (Phi) is 4.76. The Morgan fingerprint density at radius 3 is 2.74 bits per heavy atom. The molecule has 0 fully saturated rings. The Balaban J connectivity index is 2.47. The van der Waals surface area contributed by atoms with Crippen LogP contribution < -0.4 is 14.8 Å². The van der Waals surface area contributed by atoms with Crippen molar-refractivity contribution < 1.29 is 9.47 Å². The van der Waals surface area contributed by atoms with Crippen molar-refractivity contribution in [3.8, 4) is 11.5 Å². The highest BCUT2D eigenvalue weighted by Crippen LogP contribution is 2.37. The van der Waals surface area contributed by atoms with E-state index in [4.69, 9.17) is 9.47 Å². The molecule has 1 atom stereocenters. The Bertz CT molecular complexity index is 514. The van der Waals surface area contributed by atoms with Crippen molar-refractivity contribution in [3.63, 3.8) is 0 Å². The second-order valence-corrected chi connectivity index (χ2v) is 4.87. The molecule has 19 heavy (non-hydrogen) atoms. The number of nitrogens with zero attached hydrogens (tertiary/aromatic N) is 1. The molecule has 0 aliphatic rings. The minimum atomic E-state index is 0.0232. The summed E-state index contributed by atoms with van der Waals surface area (Å²) in [6.45, 7) is 2.93. The van der Waals surface area contributed by atoms with Gasteiger partial charge in [-0.15, -0.1) is 11.3 Å². The first-order valence-electron chi connectivity index (χ1n) is 6.15. The molecule has 5 heteroatoms. The third-order valence-corrected chi connectivity index (χ3v) is 3.69. The van der Waals surface area contributed by atoms with E-state index < -0.39 is 0 Å². The van der Waals surface area contributed by atoms with Crippen molar-refractivity contribution >= 4 is 11.3 Å². The molecule has 0 spiro atoms. The van der Waals surface area contributed by atoms with Crippen LogP contribution in [0, 0.1) is 0 Å². The molecular weight excluding hydrogens is 260 g/mol. The van der Waals surface area contributed by atoms with E-state index in [9.17, 15) is 0 Å². The van der Waals surface area contributed by atoms with E-state index in [1.165, 1.54) is 0 Å². The number of hydrogen-bond donors (Lipinski definition) is 1. The van der Waals surface area contributed by atoms with E-state index in [-0.39, 0.29) is 6.04 Å². The molecule has 2 rings (SSSR count). The predicted octanol–water partition coefficient (Wildman–Crippen LogP) is 2.86. The van der Waals surface area contributed by atoms with Crippen molar-refractivity contribution in [1.82, 2.24) is 10.3 Å². The first-order chi connectivity index (χ1) is 9.31. The van der Waals surface area contributed by atoms with Gasteiger partial charge in [-0.2, -0.15) is 0 Å². The fourth-order valence-electron chi connectivity index (χ4n) is 2.05. The molecule has 0 amide bonds. The lowest BCUT2D eigenvalue weighted by Crippen LogP contribution is -2.22. The van der Waals surface area contributed by atoms with Crippen LogP contribution in [0.15, 0.2) is 29.8 Å². The van der Waals surface area contributed by atoms with Crippen LogP contribution in [0.4, 0.5) is 0 Å². The lowest BCUT2D eigenvalue weighted by Gasteiger charge is -2.20. The van der Waals surface area contributed by atoms with E-state index in [2.05, 4.69) is 17.2 Å². The van der Waals surface area contributed by atoms with E-state index in [0.29, 0.717) is 0 Å². The maximum atomic E-state index is 5.50. The fraction of sp³-hybridized carbons (Fsp3) is 0.357. The van der Waals surface area contributed by atoms with Crippen LogP contribution in [0.3, 0.4) is 0 Å². The Morgan fingerprint density at radius 2 is 2.16 bits per heavy atom. The summed E-state index contributed by atoms with van der Waals surface area (Å²) in [6.07, 6.45) is 1.82. The predicted molar refractivity (Wildman–Crippen MR) is 77.2 cm³/mol. The standard InChI is InChI=1S/C14H18N2O2S/c1-4-15-12(14-16-8-9-19-14)10-6-5-7-11(17-2)13(10)18-3/h5-9,12,15H,4H2,1-3H3. The van der Waals surface area contributed by atoms with Crippen LogP contribution >= 0.6 is 11.3 Å². The van der Waals surface area contributed by atoms with Gasteiger partial charge in [-0.1, -0.05) is 19.1 Å². The van der Waals surface area contributed by atoms with Crippen LogP contribution in [0.2, 0.25) is 0 Å². The van der Waals surface area contributed by atoms with Crippen LogP contribution in [0.5, 0.6) is 11.5 Å². The first kappa shape index (κ1) is 13.8. The molecule has 1 aromatic carbocycles. The highest BCUT2D eigenvalue weighted by Gasteiger charge is 2.21. The van der Waals surface area contributed by atoms with E-state index in [1.54, 1.807) is 25.6 Å². The Labute approximate surface area is 117 Å². The van der Waals surface area contributed by atoms with Crippen LogP contribution in [-0.4, -0.2) is 25.7 Å². The summed E-state index contributed by atoms with van der Waals surface area (Å²) in [5.41, 5.74) is 1.04. The van der Waals surface area contributed by atoms with Gasteiger partial charge in [0.25, 0.3) is 0 Å². The summed E-state index contributed by atoms with van der Waals surface area (Å²) in [5, 5.41) is 6.44. The molecule has 0 bridgehead atoms. The van der Waals surface area contributed by atoms with Gasteiger partial charge < -0.3 is 14.8 Å². The second kappa shape index (κ2) is 6.54. The molecule has 1 N–H and O–H groups in total. The molecule has 1 heterocycles. The number of hydrogen-bond acceptors (Lipinski definition) is 5. The normalized spacial score (nSPS) is 12.2. The van der Waals surface area contributed by atoms with Crippen LogP contribution in [-0.2, 0) is 0 Å². The zero-order valence-corrected chi connectivity index (χ0v) is 12.2. The van der Waals surface area contributed by atoms with Gasteiger partial charge in [0.2, 0.25) is 0 Å². The van der Waals surface area contributed by atoms with E-state index >= 15 is 0 Å². The Morgan fingerprint density at radius 1 is 1.32 bits per heavy atom. The number of nitrogens with one attached hydrogen (secondary N) is 1. The Hall–Kier alpha value is -1.59. The molecule has 0 saturated heterocycles. The molecule has 1 aromatic heterocycles. The van der Waals surface area contributed by atoms with E-state index in [0.717, 1.165) is 28.6 Å². The molecular formula is C14H18N2O2S. The molecule has 0 radical (unpaired) electrons. The van der Waals surface area contributed by atoms with E-state index in [1.807, 2.05) is 29.8 Å². The lowest BCUT2D eigenvalue weighted by atomic mass is 10.1. The number of rotatable bonds is 6. The smallest absolute Gasteiger partial charge is 0.165 e. The topological polar surface area (TPSA) is 43.4 Å². The summed E-state index contributed by atoms with van der Waals surface area (Å²) in [4.78, 5) is 4.40. The highest BCUT2D eigenvalue weighted by molar-refractivity contribution is 7.09. The second-order valence-electron chi connectivity index (χ2n) is 3.94. The van der Waals surface area contributed by atoms with Crippen molar-refractivity contribution in [3.05, 3.63) is 40.3 Å². The van der Waals surface area contributed by atoms with Crippen LogP contribution in [0.25, 0.3) is 0 Å². The minimum absolute atomic E-state index is 0.0232. The highest BCUT2D eigenvalue weighted by atomic mass is 32.1. The van der Waals surface area contributed by atoms with Gasteiger partial charge in [0.05, 0.1) is 20.3 Å². The zero-order chi connectivity index (χ0) is 13.7. The van der Waals surface area contributed by atoms with Gasteiger partial charge in [0.15, 0.2) is 11.5 Å². The lowest BCUT2D eigenvalue weighted by molar-refractivity contribution is 0.349. The molecule has 4 nitrogen and oxygen atoms in total. The maximum Gasteiger partial charge on any atom is 0.165 e. The molecule has 0 aliphatic carbocycles. The summed E-state index contributed by atoms with van der Waals surface area (Å²) < 4.78 is 10.9. The maximum absolute atomic E-state index is 5.50. The van der Waals surface area contributed by atoms with Gasteiger partial charge >= 0.3 is 0 Å². The minimum Gasteiger partial charge on any atom is -0.493 e. The van der Waals surface area contributed by atoms with Crippen molar-refractivity contribution in [2.45, 2.75) is 13.0 Å². The monoisotopic (exact) mass is 278 g/mol. The number of benzene rings is 1. The summed E-state index contributed by atoms with van der Waals surface area (Å²) in [5.74, 6) is 1.49. The van der Waals surface area contributed by atoms with Crippen LogP contribution in [0.1, 0.15) is 23.5 Å². The largest absolute Gasteiger partial charge is 0.493 e. The molecule has 1 unspecified atom stereocenters. The number of aromatic nitrogens is 1. The quantitative estimate of drug-likeness (QED) is 0.882. The molecule has 0 saturated carbocycles. The first-order valence-corrected chi connectivity index (χ1v) is 7.03. The van der Waals surface area contributed by atoms with Gasteiger partial charge in [0.1, 0.15) is 5.01 Å². The van der Waals surface area contributed by atoms with Gasteiger partial charge in [-0.05, 0) is 12.6 Å². The van der Waals surface area contributed by atoms with Crippen molar-refractivity contribution in [1.29, 1.82) is 0 Å². The SMILES string of the molecule is CCNC(c1nccs1)c1cccc(OC)c1OC. The molecule has 102 valence electrons. The fourth-order valence-corrected chi connectivity index (χ4v) is 2.78. The zero-order valence-electron chi connectivity index (χ0n) is 11.3.